The molecule has 272 valence electrons. The van der Waals surface area contributed by atoms with Crippen LogP contribution in [0.2, 0.25) is 0 Å². The molecule has 0 aromatic carbocycles. The van der Waals surface area contributed by atoms with Crippen LogP contribution in [-0.2, 0) is 19.1 Å². The molecule has 0 heterocycles. The molecule has 0 unspecified atom stereocenters. The molecule has 0 saturated heterocycles. The summed E-state index contributed by atoms with van der Waals surface area (Å²) in [6, 6.07) is 0. The lowest BCUT2D eigenvalue weighted by Crippen LogP contribution is -2.25. The number of rotatable bonds is 34. The van der Waals surface area contributed by atoms with Crippen LogP contribution in [0.4, 0.5) is 0 Å². The van der Waals surface area contributed by atoms with Crippen LogP contribution in [-0.4, -0.2) is 48.1 Å². The summed E-state index contributed by atoms with van der Waals surface area (Å²) in [6.07, 6.45) is 41.8. The second kappa shape index (κ2) is 36.7. The Hall–Kier alpha value is -2.18. The number of carbonyl (C=O) groups is 2. The van der Waals surface area contributed by atoms with Crippen molar-refractivity contribution in [2.75, 3.05) is 19.8 Å². The first-order valence-corrected chi connectivity index (χ1v) is 19.2. The highest BCUT2D eigenvalue weighted by molar-refractivity contribution is 5.69. The zero-order valence-electron chi connectivity index (χ0n) is 30.4. The quantitative estimate of drug-likeness (QED) is 0.0405. The lowest BCUT2D eigenvalue weighted by atomic mass is 10.0. The van der Waals surface area contributed by atoms with Gasteiger partial charge in [-0.3, -0.25) is 9.59 Å². The van der Waals surface area contributed by atoms with Crippen molar-refractivity contribution < 1.29 is 29.3 Å². The predicted octanol–water partition coefficient (Wildman–Crippen LogP) is 10.7. The summed E-state index contributed by atoms with van der Waals surface area (Å²) < 4.78 is 10.3. The zero-order valence-corrected chi connectivity index (χ0v) is 30.4. The van der Waals surface area contributed by atoms with Crippen LogP contribution in [0.25, 0.3) is 0 Å². The van der Waals surface area contributed by atoms with Crippen LogP contribution in [0.15, 0.2) is 48.6 Å². The lowest BCUT2D eigenvalue weighted by molar-refractivity contribution is -0.152. The monoisotopic (exact) mass is 661 g/mol. The molecule has 0 spiro atoms. The molecular weight excluding hydrogens is 588 g/mol. The smallest absolute Gasteiger partial charge is 0.305 e. The normalized spacial score (nSPS) is 12.8. The molecule has 0 aliphatic carbocycles. The largest absolute Gasteiger partial charge is 0.463 e. The van der Waals surface area contributed by atoms with Gasteiger partial charge in [0.05, 0.1) is 0 Å². The Morgan fingerprint density at radius 3 is 1.36 bits per heavy atom. The Labute approximate surface area is 289 Å². The van der Waals surface area contributed by atoms with Crippen molar-refractivity contribution in [3.63, 3.8) is 0 Å². The Kier molecular flexibility index (Phi) is 35.0. The molecule has 6 heteroatoms. The molecule has 0 rings (SSSR count). The van der Waals surface area contributed by atoms with Gasteiger partial charge in [-0.15, -0.1) is 0 Å². The van der Waals surface area contributed by atoms with E-state index in [9.17, 15) is 14.7 Å². The van der Waals surface area contributed by atoms with Crippen molar-refractivity contribution in [1.29, 1.82) is 0 Å². The van der Waals surface area contributed by atoms with Gasteiger partial charge in [0.15, 0.2) is 0 Å². The number of carbonyl (C=O) groups excluding carboxylic acids is 2. The summed E-state index contributed by atoms with van der Waals surface area (Å²) in [5, 5.41) is 18.7. The third-order valence-electron chi connectivity index (χ3n) is 8.05. The maximum absolute atomic E-state index is 11.9. The van der Waals surface area contributed by atoms with Crippen molar-refractivity contribution in [2.45, 2.75) is 174 Å². The van der Waals surface area contributed by atoms with Crippen LogP contribution in [0.5, 0.6) is 0 Å². The average Bonchev–Trinajstić information content (AvgIpc) is 3.05. The van der Waals surface area contributed by atoms with Crippen LogP contribution in [0.1, 0.15) is 168 Å². The number of esters is 2. The second-order valence-corrected chi connectivity index (χ2v) is 13.3. The summed E-state index contributed by atoms with van der Waals surface area (Å²) in [5.74, 6) is 0.193. The van der Waals surface area contributed by atoms with Crippen molar-refractivity contribution in [3.8, 4) is 0 Å². The highest BCUT2D eigenvalue weighted by Crippen LogP contribution is 2.14. The van der Waals surface area contributed by atoms with E-state index in [0.29, 0.717) is 25.9 Å². The molecule has 47 heavy (non-hydrogen) atoms. The van der Waals surface area contributed by atoms with Gasteiger partial charge in [-0.25, -0.2) is 0 Å². The number of aliphatic hydroxyl groups excluding tert-OH is 2. The van der Waals surface area contributed by atoms with E-state index in [-0.39, 0.29) is 25.2 Å². The van der Waals surface area contributed by atoms with E-state index >= 15 is 0 Å². The Morgan fingerprint density at radius 1 is 0.511 bits per heavy atom. The first-order valence-electron chi connectivity index (χ1n) is 19.2. The second-order valence-electron chi connectivity index (χ2n) is 13.3. The summed E-state index contributed by atoms with van der Waals surface area (Å²) in [5.41, 5.74) is 0. The fourth-order valence-corrected chi connectivity index (χ4v) is 5.12. The predicted molar refractivity (Wildman–Crippen MR) is 197 cm³/mol. The van der Waals surface area contributed by atoms with Gasteiger partial charge in [0.1, 0.15) is 19.3 Å². The minimum Gasteiger partial charge on any atom is -0.463 e. The maximum atomic E-state index is 11.9. The van der Waals surface area contributed by atoms with Gasteiger partial charge in [-0.05, 0) is 63.7 Å². The SMILES string of the molecule is CC(C)CCCCCCCCCCCCCCC(=O)OC[C@H](O)COC(=O)CCC/C=C\C/C=C\C/C=C\C/C=C\CCCCCO. The topological polar surface area (TPSA) is 93.1 Å². The van der Waals surface area contributed by atoms with Crippen LogP contribution < -0.4 is 0 Å². The Bertz CT molecular complexity index is 813. The third kappa shape index (κ3) is 38.2. The van der Waals surface area contributed by atoms with Crippen LogP contribution in [0.3, 0.4) is 0 Å². The number of aliphatic hydroxyl groups is 2. The summed E-state index contributed by atoms with van der Waals surface area (Å²) in [6.45, 7) is 4.61. The average molecular weight is 661 g/mol. The molecule has 6 nitrogen and oxygen atoms in total. The first kappa shape index (κ1) is 44.8. The Balaban J connectivity index is 3.54. The van der Waals surface area contributed by atoms with E-state index in [1.807, 2.05) is 0 Å². The standard InChI is InChI=1S/C41H72O6/c1-38(2)32-28-24-20-16-12-9-10-14-18-22-26-30-34-41(45)47-37-39(43)36-46-40(44)33-29-25-21-17-13-8-6-4-3-5-7-11-15-19-23-27-31-35-42/h3,5-6,8,11,15,17,21,38-39,42-43H,4,7,9-10,12-14,16,18-20,22-37H2,1-2H3/b5-3-,8-6-,15-11-,21-17-/t39-/m1/s1. The lowest BCUT2D eigenvalue weighted by Gasteiger charge is -2.12. The van der Waals surface area contributed by atoms with Gasteiger partial charge in [-0.2, -0.15) is 0 Å². The van der Waals surface area contributed by atoms with Gasteiger partial charge >= 0.3 is 11.9 Å². The number of ether oxygens (including phenoxy) is 2. The van der Waals surface area contributed by atoms with Crippen LogP contribution in [0, 0.1) is 5.92 Å². The van der Waals surface area contributed by atoms with E-state index < -0.39 is 6.10 Å². The highest BCUT2D eigenvalue weighted by Gasteiger charge is 2.12. The van der Waals surface area contributed by atoms with Gasteiger partial charge in [0.25, 0.3) is 0 Å². The number of unbranched alkanes of at least 4 members (excludes halogenated alkanes) is 15. The van der Waals surface area contributed by atoms with E-state index in [1.165, 1.54) is 64.2 Å². The molecule has 0 aliphatic rings. The molecule has 0 aromatic rings. The minimum atomic E-state index is -0.992. The van der Waals surface area contributed by atoms with Gasteiger partial charge in [0.2, 0.25) is 0 Å². The van der Waals surface area contributed by atoms with Gasteiger partial charge in [0, 0.05) is 19.4 Å². The molecular formula is C41H72O6. The number of hydrogen-bond donors (Lipinski definition) is 2. The van der Waals surface area contributed by atoms with E-state index in [1.54, 1.807) is 0 Å². The minimum absolute atomic E-state index is 0.139. The molecule has 0 amide bonds. The summed E-state index contributed by atoms with van der Waals surface area (Å²) in [7, 11) is 0. The molecule has 1 atom stereocenters. The van der Waals surface area contributed by atoms with E-state index in [4.69, 9.17) is 14.6 Å². The fourth-order valence-electron chi connectivity index (χ4n) is 5.12. The number of hydrogen-bond acceptors (Lipinski definition) is 6. The van der Waals surface area contributed by atoms with Crippen molar-refractivity contribution >= 4 is 11.9 Å². The highest BCUT2D eigenvalue weighted by atomic mass is 16.6. The molecule has 0 radical (unpaired) electrons. The molecule has 0 saturated carbocycles. The Morgan fingerprint density at radius 2 is 0.894 bits per heavy atom. The summed E-state index contributed by atoms with van der Waals surface area (Å²) >= 11 is 0. The van der Waals surface area contributed by atoms with Crippen molar-refractivity contribution in [3.05, 3.63) is 48.6 Å². The molecule has 0 fully saturated rings. The molecule has 0 aromatic heterocycles. The zero-order chi connectivity index (χ0) is 34.5. The molecule has 0 bridgehead atoms. The van der Waals surface area contributed by atoms with Gasteiger partial charge in [-0.1, -0.05) is 146 Å². The van der Waals surface area contributed by atoms with E-state index in [0.717, 1.165) is 76.5 Å². The first-order chi connectivity index (χ1) is 23.0. The van der Waals surface area contributed by atoms with E-state index in [2.05, 4.69) is 62.5 Å². The molecule has 2 N–H and O–H groups in total. The van der Waals surface area contributed by atoms with Crippen LogP contribution >= 0.6 is 0 Å². The maximum Gasteiger partial charge on any atom is 0.305 e. The molecule has 0 aliphatic heterocycles. The van der Waals surface area contributed by atoms with Crippen molar-refractivity contribution in [2.24, 2.45) is 5.92 Å². The number of allylic oxidation sites excluding steroid dienone is 8. The summed E-state index contributed by atoms with van der Waals surface area (Å²) in [4.78, 5) is 23.9. The third-order valence-corrected chi connectivity index (χ3v) is 8.05. The van der Waals surface area contributed by atoms with Crippen molar-refractivity contribution in [1.82, 2.24) is 0 Å². The fraction of sp³-hybridized carbons (Fsp3) is 0.756. The van der Waals surface area contributed by atoms with Gasteiger partial charge < -0.3 is 19.7 Å².